The van der Waals surface area contributed by atoms with Crippen LogP contribution in [0.4, 0.5) is 4.39 Å². The number of carbonyl (C=O) groups excluding carboxylic acids is 1. The van der Waals surface area contributed by atoms with E-state index in [1.165, 1.54) is 12.1 Å². The molecule has 0 radical (unpaired) electrons. The van der Waals surface area contributed by atoms with Crippen molar-refractivity contribution in [2.45, 2.75) is 26.2 Å². The number of halogens is 1. The van der Waals surface area contributed by atoms with Crippen molar-refractivity contribution in [3.63, 3.8) is 0 Å². The SMILES string of the molecule is CCC1(C(=O)O)C2CC(Cc3cccc(F)c3)C(C#N)(C(=O)CN)C21. The number of hydrogen-bond donors (Lipinski definition) is 2. The molecule has 2 fully saturated rings. The molecule has 0 bridgehead atoms. The first kappa shape index (κ1) is 17.6. The van der Waals surface area contributed by atoms with Gasteiger partial charge in [-0.3, -0.25) is 9.59 Å². The van der Waals surface area contributed by atoms with Crippen LogP contribution < -0.4 is 5.73 Å². The van der Waals surface area contributed by atoms with E-state index in [2.05, 4.69) is 6.07 Å². The highest BCUT2D eigenvalue weighted by atomic mass is 19.1. The van der Waals surface area contributed by atoms with Crippen molar-refractivity contribution < 1.29 is 19.1 Å². The normalized spacial score (nSPS) is 35.7. The average Bonchev–Trinajstić information content (AvgIpc) is 3.13. The molecule has 0 heterocycles. The molecular weight excluding hydrogens is 323 g/mol. The van der Waals surface area contributed by atoms with Crippen molar-refractivity contribution in [1.82, 2.24) is 0 Å². The number of ketones is 1. The van der Waals surface area contributed by atoms with E-state index in [4.69, 9.17) is 5.73 Å². The van der Waals surface area contributed by atoms with Crippen LogP contribution in [0.5, 0.6) is 0 Å². The van der Waals surface area contributed by atoms with E-state index in [1.807, 2.05) is 0 Å². The van der Waals surface area contributed by atoms with Crippen LogP contribution in [0.15, 0.2) is 24.3 Å². The second kappa shape index (κ2) is 5.92. The van der Waals surface area contributed by atoms with Gasteiger partial charge in [0, 0.05) is 5.92 Å². The minimum atomic E-state index is -1.40. The molecule has 5 atom stereocenters. The zero-order chi connectivity index (χ0) is 18.4. The Hall–Kier alpha value is -2.26. The molecule has 2 aliphatic carbocycles. The number of benzene rings is 1. The standard InChI is InChI=1S/C19H21FN2O3/c1-2-18(17(24)25)14-8-12(6-11-4-3-5-13(20)7-11)19(10-22,16(14)18)15(23)9-21/h3-5,7,12,14,16H,2,6,8-9,21H2,1H3,(H,24,25). The van der Waals surface area contributed by atoms with Gasteiger partial charge in [-0.2, -0.15) is 5.26 Å². The van der Waals surface area contributed by atoms with E-state index in [9.17, 15) is 24.3 Å². The number of nitriles is 1. The number of carbonyl (C=O) groups is 2. The Morgan fingerprint density at radius 2 is 2.20 bits per heavy atom. The molecule has 25 heavy (non-hydrogen) atoms. The third kappa shape index (κ3) is 2.22. The van der Waals surface area contributed by atoms with Crippen molar-refractivity contribution in [2.75, 3.05) is 6.54 Å². The van der Waals surface area contributed by atoms with Crippen LogP contribution in [0.1, 0.15) is 25.3 Å². The number of nitrogens with two attached hydrogens (primary N) is 1. The van der Waals surface area contributed by atoms with Gasteiger partial charge >= 0.3 is 5.97 Å². The molecule has 2 saturated carbocycles. The lowest BCUT2D eigenvalue weighted by atomic mass is 9.65. The van der Waals surface area contributed by atoms with Crippen LogP contribution in [-0.2, 0) is 16.0 Å². The number of nitrogens with zero attached hydrogens (tertiary/aromatic N) is 1. The first-order valence-electron chi connectivity index (χ1n) is 8.50. The summed E-state index contributed by atoms with van der Waals surface area (Å²) in [5, 5.41) is 19.6. The van der Waals surface area contributed by atoms with Gasteiger partial charge in [-0.1, -0.05) is 19.1 Å². The van der Waals surface area contributed by atoms with Crippen molar-refractivity contribution in [1.29, 1.82) is 5.26 Å². The number of carboxylic acids is 1. The summed E-state index contributed by atoms with van der Waals surface area (Å²) in [5.41, 5.74) is 3.86. The molecule has 5 unspecified atom stereocenters. The average molecular weight is 344 g/mol. The highest BCUT2D eigenvalue weighted by Crippen LogP contribution is 2.77. The number of Topliss-reactive ketones (excluding diaryl/α,β-unsaturated/α-hetero) is 1. The van der Waals surface area contributed by atoms with E-state index < -0.39 is 28.5 Å². The van der Waals surface area contributed by atoms with Crippen molar-refractivity contribution in [2.24, 2.45) is 34.3 Å². The second-order valence-electron chi connectivity index (χ2n) is 7.16. The zero-order valence-electron chi connectivity index (χ0n) is 14.0. The maximum absolute atomic E-state index is 13.5. The summed E-state index contributed by atoms with van der Waals surface area (Å²) in [7, 11) is 0. The molecule has 3 rings (SSSR count). The summed E-state index contributed by atoms with van der Waals surface area (Å²) in [6, 6.07) is 8.24. The Morgan fingerprint density at radius 3 is 2.72 bits per heavy atom. The number of aliphatic carboxylic acids is 1. The lowest BCUT2D eigenvalue weighted by Crippen LogP contribution is -2.45. The monoisotopic (exact) mass is 344 g/mol. The zero-order valence-corrected chi connectivity index (χ0v) is 14.0. The van der Waals surface area contributed by atoms with E-state index in [1.54, 1.807) is 19.1 Å². The van der Waals surface area contributed by atoms with Crippen LogP contribution in [0, 0.1) is 45.7 Å². The van der Waals surface area contributed by atoms with Crippen molar-refractivity contribution >= 4 is 11.8 Å². The molecular formula is C19H21FN2O3. The van der Waals surface area contributed by atoms with Gasteiger partial charge in [-0.15, -0.1) is 0 Å². The lowest BCUT2D eigenvalue weighted by molar-refractivity contribution is -0.146. The summed E-state index contributed by atoms with van der Waals surface area (Å²) in [5.74, 6) is -2.78. The Bertz CT molecular complexity index is 774. The predicted molar refractivity (Wildman–Crippen MR) is 87.7 cm³/mol. The Kier molecular flexibility index (Phi) is 4.16. The predicted octanol–water partition coefficient (Wildman–Crippen LogP) is 2.15. The van der Waals surface area contributed by atoms with Gasteiger partial charge < -0.3 is 10.8 Å². The summed E-state index contributed by atoms with van der Waals surface area (Å²) in [6.07, 6.45) is 1.22. The molecule has 5 nitrogen and oxygen atoms in total. The first-order chi connectivity index (χ1) is 11.9. The molecule has 1 aromatic carbocycles. The summed E-state index contributed by atoms with van der Waals surface area (Å²) in [6.45, 7) is 1.49. The highest BCUT2D eigenvalue weighted by molar-refractivity contribution is 5.94. The molecule has 1 aromatic rings. The first-order valence-corrected chi connectivity index (χ1v) is 8.50. The summed E-state index contributed by atoms with van der Waals surface area (Å²) >= 11 is 0. The molecule has 3 N–H and O–H groups in total. The van der Waals surface area contributed by atoms with Gasteiger partial charge in [0.05, 0.1) is 18.0 Å². The quantitative estimate of drug-likeness (QED) is 0.823. The van der Waals surface area contributed by atoms with Crippen LogP contribution in [-0.4, -0.2) is 23.4 Å². The Morgan fingerprint density at radius 1 is 1.48 bits per heavy atom. The topological polar surface area (TPSA) is 104 Å². The third-order valence-electron chi connectivity index (χ3n) is 6.37. The lowest BCUT2D eigenvalue weighted by Gasteiger charge is -2.33. The van der Waals surface area contributed by atoms with Gasteiger partial charge in [0.25, 0.3) is 0 Å². The second-order valence-corrected chi connectivity index (χ2v) is 7.16. The minimum Gasteiger partial charge on any atom is -0.481 e. The molecule has 0 aliphatic heterocycles. The highest BCUT2D eigenvalue weighted by Gasteiger charge is 2.82. The Labute approximate surface area is 145 Å². The van der Waals surface area contributed by atoms with Crippen molar-refractivity contribution in [3.8, 4) is 6.07 Å². The molecule has 0 spiro atoms. The molecule has 0 aromatic heterocycles. The van der Waals surface area contributed by atoms with Crippen LogP contribution in [0.2, 0.25) is 0 Å². The number of carboxylic acid groups (broad SMARTS) is 1. The van der Waals surface area contributed by atoms with E-state index >= 15 is 0 Å². The smallest absolute Gasteiger partial charge is 0.310 e. The van der Waals surface area contributed by atoms with Gasteiger partial charge in [0.2, 0.25) is 0 Å². The number of rotatable bonds is 6. The van der Waals surface area contributed by atoms with Gasteiger partial charge in [-0.25, -0.2) is 4.39 Å². The number of fused-ring (bicyclic) bond motifs is 1. The van der Waals surface area contributed by atoms with Crippen LogP contribution in [0.25, 0.3) is 0 Å². The maximum Gasteiger partial charge on any atom is 0.310 e. The molecule has 2 aliphatic rings. The fourth-order valence-electron chi connectivity index (χ4n) is 5.25. The molecule has 132 valence electrons. The van der Waals surface area contributed by atoms with E-state index in [0.29, 0.717) is 24.8 Å². The minimum absolute atomic E-state index is 0.205. The summed E-state index contributed by atoms with van der Waals surface area (Å²) in [4.78, 5) is 24.5. The fraction of sp³-hybridized carbons (Fsp3) is 0.526. The van der Waals surface area contributed by atoms with Gasteiger partial charge in [0.15, 0.2) is 5.78 Å². The fourth-order valence-corrected chi connectivity index (χ4v) is 5.25. The van der Waals surface area contributed by atoms with Gasteiger partial charge in [0.1, 0.15) is 11.2 Å². The van der Waals surface area contributed by atoms with Crippen molar-refractivity contribution in [3.05, 3.63) is 35.6 Å². The molecule has 0 saturated heterocycles. The molecule has 6 heteroatoms. The number of hydrogen-bond acceptors (Lipinski definition) is 4. The van der Waals surface area contributed by atoms with Gasteiger partial charge in [-0.05, 0) is 48.8 Å². The maximum atomic E-state index is 13.5. The van der Waals surface area contributed by atoms with Crippen LogP contribution >= 0.6 is 0 Å². The van der Waals surface area contributed by atoms with E-state index in [0.717, 1.165) is 0 Å². The largest absolute Gasteiger partial charge is 0.481 e. The van der Waals surface area contributed by atoms with E-state index in [-0.39, 0.29) is 24.2 Å². The summed E-state index contributed by atoms with van der Waals surface area (Å²) < 4.78 is 13.5. The Balaban J connectivity index is 2.00. The van der Waals surface area contributed by atoms with Crippen LogP contribution in [0.3, 0.4) is 0 Å². The molecule has 0 amide bonds. The third-order valence-corrected chi connectivity index (χ3v) is 6.37.